The average Bonchev–Trinajstić information content (AvgIpc) is 2.87. The molecule has 1 heterocycles. The SMILES string of the molecule is COC[C@@H](C)n1c(C)cc(C(=O)COc2cccc(C#N)c2)c1C. The minimum atomic E-state index is -0.0821. The van der Waals surface area contributed by atoms with Crippen LogP contribution in [0.25, 0.3) is 0 Å². The molecule has 0 radical (unpaired) electrons. The lowest BCUT2D eigenvalue weighted by Crippen LogP contribution is -2.16. The highest BCUT2D eigenvalue weighted by molar-refractivity contribution is 5.98. The lowest BCUT2D eigenvalue weighted by molar-refractivity contribution is 0.0920. The Morgan fingerprint density at radius 2 is 2.08 bits per heavy atom. The maximum absolute atomic E-state index is 12.5. The predicted molar refractivity (Wildman–Crippen MR) is 91.5 cm³/mol. The molecule has 0 aliphatic carbocycles. The summed E-state index contributed by atoms with van der Waals surface area (Å²) < 4.78 is 12.9. The second kappa shape index (κ2) is 7.80. The number of nitrogens with zero attached hydrogens (tertiary/aromatic N) is 2. The van der Waals surface area contributed by atoms with Crippen LogP contribution in [0, 0.1) is 25.2 Å². The molecule has 0 spiro atoms. The molecule has 0 saturated carbocycles. The summed E-state index contributed by atoms with van der Waals surface area (Å²) in [4.78, 5) is 12.5. The first-order chi connectivity index (χ1) is 11.5. The molecule has 0 unspecified atom stereocenters. The summed E-state index contributed by atoms with van der Waals surface area (Å²) in [6, 6.07) is 10.9. The number of hydrogen-bond acceptors (Lipinski definition) is 4. The number of aryl methyl sites for hydroxylation is 1. The van der Waals surface area contributed by atoms with Crippen molar-refractivity contribution in [1.82, 2.24) is 4.57 Å². The number of ether oxygens (including phenoxy) is 2. The predicted octanol–water partition coefficient (Wildman–Crippen LogP) is 3.45. The molecule has 126 valence electrons. The fourth-order valence-corrected chi connectivity index (χ4v) is 2.94. The Morgan fingerprint density at radius 1 is 1.33 bits per heavy atom. The third-order valence-electron chi connectivity index (χ3n) is 3.97. The first kappa shape index (κ1) is 17.8. The van der Waals surface area contributed by atoms with E-state index in [1.165, 1.54) is 0 Å². The van der Waals surface area contributed by atoms with Crippen molar-refractivity contribution in [1.29, 1.82) is 5.26 Å². The molecule has 24 heavy (non-hydrogen) atoms. The van der Waals surface area contributed by atoms with Gasteiger partial charge in [-0.25, -0.2) is 0 Å². The molecule has 1 aromatic carbocycles. The van der Waals surface area contributed by atoms with Crippen molar-refractivity contribution in [3.63, 3.8) is 0 Å². The largest absolute Gasteiger partial charge is 0.485 e. The van der Waals surface area contributed by atoms with Gasteiger partial charge >= 0.3 is 0 Å². The second-order valence-electron chi connectivity index (χ2n) is 5.81. The molecule has 0 bridgehead atoms. The van der Waals surface area contributed by atoms with Crippen molar-refractivity contribution < 1.29 is 14.3 Å². The van der Waals surface area contributed by atoms with Crippen molar-refractivity contribution in [3.05, 3.63) is 52.8 Å². The zero-order valence-corrected chi connectivity index (χ0v) is 14.5. The molecular formula is C19H22N2O3. The Labute approximate surface area is 142 Å². The molecule has 2 aromatic rings. The van der Waals surface area contributed by atoms with Gasteiger partial charge in [-0.3, -0.25) is 4.79 Å². The zero-order valence-electron chi connectivity index (χ0n) is 14.5. The van der Waals surface area contributed by atoms with Gasteiger partial charge in [-0.2, -0.15) is 5.26 Å². The van der Waals surface area contributed by atoms with Crippen LogP contribution in [0.5, 0.6) is 5.75 Å². The second-order valence-corrected chi connectivity index (χ2v) is 5.81. The summed E-state index contributed by atoms with van der Waals surface area (Å²) in [5, 5.41) is 8.90. The number of benzene rings is 1. The highest BCUT2D eigenvalue weighted by Crippen LogP contribution is 2.21. The van der Waals surface area contributed by atoms with E-state index in [-0.39, 0.29) is 18.4 Å². The van der Waals surface area contributed by atoms with Crippen LogP contribution >= 0.6 is 0 Å². The van der Waals surface area contributed by atoms with Crippen LogP contribution < -0.4 is 4.74 Å². The molecule has 5 nitrogen and oxygen atoms in total. The molecule has 0 N–H and O–H groups in total. The van der Waals surface area contributed by atoms with E-state index in [2.05, 4.69) is 17.6 Å². The van der Waals surface area contributed by atoms with Crippen LogP contribution in [0.15, 0.2) is 30.3 Å². The molecule has 1 aromatic heterocycles. The van der Waals surface area contributed by atoms with Crippen LogP contribution in [-0.4, -0.2) is 30.7 Å². The highest BCUT2D eigenvalue weighted by atomic mass is 16.5. The highest BCUT2D eigenvalue weighted by Gasteiger charge is 2.19. The van der Waals surface area contributed by atoms with Crippen LogP contribution in [0.2, 0.25) is 0 Å². The number of hydrogen-bond donors (Lipinski definition) is 0. The van der Waals surface area contributed by atoms with E-state index in [0.29, 0.717) is 23.5 Å². The van der Waals surface area contributed by atoms with Gasteiger partial charge in [0, 0.05) is 24.1 Å². The van der Waals surface area contributed by atoms with E-state index in [4.69, 9.17) is 14.7 Å². The molecule has 0 amide bonds. The summed E-state index contributed by atoms with van der Waals surface area (Å²) in [7, 11) is 1.67. The van der Waals surface area contributed by atoms with Crippen molar-refractivity contribution in [2.75, 3.05) is 20.3 Å². The number of ketones is 1. The Kier molecular flexibility index (Phi) is 5.78. The number of Topliss-reactive ketones (excluding diaryl/α,β-unsaturated/α-hetero) is 1. The summed E-state index contributed by atoms with van der Waals surface area (Å²) in [6.07, 6.45) is 0. The van der Waals surface area contributed by atoms with Crippen LogP contribution in [0.4, 0.5) is 0 Å². The van der Waals surface area contributed by atoms with Gasteiger partial charge in [0.1, 0.15) is 5.75 Å². The maximum Gasteiger partial charge on any atom is 0.202 e. The smallest absolute Gasteiger partial charge is 0.202 e. The lowest BCUT2D eigenvalue weighted by atomic mass is 10.1. The minimum Gasteiger partial charge on any atom is -0.485 e. The zero-order chi connectivity index (χ0) is 17.7. The molecule has 2 rings (SSSR count). The molecular weight excluding hydrogens is 304 g/mol. The number of rotatable bonds is 7. The van der Waals surface area contributed by atoms with Gasteiger partial charge in [0.2, 0.25) is 5.78 Å². The van der Waals surface area contributed by atoms with E-state index in [0.717, 1.165) is 11.4 Å². The van der Waals surface area contributed by atoms with Crippen LogP contribution in [0.1, 0.15) is 40.3 Å². The van der Waals surface area contributed by atoms with Gasteiger partial charge < -0.3 is 14.0 Å². The maximum atomic E-state index is 12.5. The van der Waals surface area contributed by atoms with Gasteiger partial charge in [0.25, 0.3) is 0 Å². The van der Waals surface area contributed by atoms with Crippen molar-refractivity contribution in [2.45, 2.75) is 26.8 Å². The van der Waals surface area contributed by atoms with E-state index in [1.54, 1.807) is 31.4 Å². The van der Waals surface area contributed by atoms with E-state index in [9.17, 15) is 4.79 Å². The van der Waals surface area contributed by atoms with Crippen LogP contribution in [-0.2, 0) is 4.74 Å². The number of carbonyl (C=O) groups is 1. The Balaban J connectivity index is 2.13. The van der Waals surface area contributed by atoms with Gasteiger partial charge in [0.05, 0.1) is 24.3 Å². The number of aromatic nitrogens is 1. The third-order valence-corrected chi connectivity index (χ3v) is 3.97. The first-order valence-electron chi connectivity index (χ1n) is 7.81. The monoisotopic (exact) mass is 326 g/mol. The molecule has 0 aliphatic rings. The lowest BCUT2D eigenvalue weighted by Gasteiger charge is -2.17. The van der Waals surface area contributed by atoms with E-state index < -0.39 is 0 Å². The van der Waals surface area contributed by atoms with Gasteiger partial charge in [0.15, 0.2) is 6.61 Å². The summed E-state index contributed by atoms with van der Waals surface area (Å²) >= 11 is 0. The Hall–Kier alpha value is -2.58. The first-order valence-corrected chi connectivity index (χ1v) is 7.81. The standard InChI is InChI=1S/C19H22N2O3/c1-13-8-18(15(3)21(13)14(2)11-23-4)19(22)12-24-17-7-5-6-16(9-17)10-20/h5-9,14H,11-12H2,1-4H3/t14-/m1/s1. The molecule has 0 saturated heterocycles. The number of carbonyl (C=O) groups excluding carboxylic acids is 1. The summed E-state index contributed by atoms with van der Waals surface area (Å²) in [6.45, 7) is 6.50. The van der Waals surface area contributed by atoms with Gasteiger partial charge in [-0.05, 0) is 45.0 Å². The number of nitriles is 1. The average molecular weight is 326 g/mol. The van der Waals surface area contributed by atoms with Crippen molar-refractivity contribution >= 4 is 5.78 Å². The summed E-state index contributed by atoms with van der Waals surface area (Å²) in [5.74, 6) is 0.435. The minimum absolute atomic E-state index is 0.0577. The summed E-state index contributed by atoms with van der Waals surface area (Å²) in [5.41, 5.74) is 3.10. The van der Waals surface area contributed by atoms with E-state index in [1.807, 2.05) is 19.9 Å². The Morgan fingerprint density at radius 3 is 2.75 bits per heavy atom. The topological polar surface area (TPSA) is 64.2 Å². The fourth-order valence-electron chi connectivity index (χ4n) is 2.94. The Bertz CT molecular complexity index is 771. The van der Waals surface area contributed by atoms with Gasteiger partial charge in [-0.15, -0.1) is 0 Å². The van der Waals surface area contributed by atoms with E-state index >= 15 is 0 Å². The fraction of sp³-hybridized carbons (Fsp3) is 0.368. The molecule has 5 heteroatoms. The number of methoxy groups -OCH3 is 1. The van der Waals surface area contributed by atoms with Crippen molar-refractivity contribution in [2.24, 2.45) is 0 Å². The van der Waals surface area contributed by atoms with Crippen LogP contribution in [0.3, 0.4) is 0 Å². The normalized spacial score (nSPS) is 11.8. The molecule has 0 aliphatic heterocycles. The molecule has 1 atom stereocenters. The molecule has 0 fully saturated rings. The van der Waals surface area contributed by atoms with Crippen molar-refractivity contribution in [3.8, 4) is 11.8 Å². The quantitative estimate of drug-likeness (QED) is 0.731. The third kappa shape index (κ3) is 3.84. The van der Waals surface area contributed by atoms with Gasteiger partial charge in [-0.1, -0.05) is 6.07 Å².